The molecule has 0 saturated carbocycles. The van der Waals surface area contributed by atoms with Gasteiger partial charge >= 0.3 is 5.97 Å². The van der Waals surface area contributed by atoms with Gasteiger partial charge in [0.2, 0.25) is 0 Å². The second-order valence-electron chi connectivity index (χ2n) is 4.09. The van der Waals surface area contributed by atoms with Crippen molar-refractivity contribution in [1.82, 2.24) is 14.8 Å². The minimum atomic E-state index is -0.975. The summed E-state index contributed by atoms with van der Waals surface area (Å²) >= 11 is 0. The van der Waals surface area contributed by atoms with Gasteiger partial charge in [-0.2, -0.15) is 5.10 Å². The van der Waals surface area contributed by atoms with E-state index in [1.165, 1.54) is 4.68 Å². The Labute approximate surface area is 103 Å². The standard InChI is InChI=1S/C13H11N3O2/c1-16-12(13(17)18)7-11(15-16)8-3-2-4-10-9(8)5-6-14-10/h2-7,14H,1H3,(H,17,18). The lowest BCUT2D eigenvalue weighted by atomic mass is 10.1. The van der Waals surface area contributed by atoms with Gasteiger partial charge in [0.1, 0.15) is 5.69 Å². The van der Waals surface area contributed by atoms with Crippen molar-refractivity contribution in [2.45, 2.75) is 0 Å². The first kappa shape index (κ1) is 10.6. The fourth-order valence-corrected chi connectivity index (χ4v) is 2.11. The van der Waals surface area contributed by atoms with E-state index in [0.29, 0.717) is 5.69 Å². The van der Waals surface area contributed by atoms with Crippen LogP contribution in [0.4, 0.5) is 0 Å². The van der Waals surface area contributed by atoms with Gasteiger partial charge in [-0.15, -0.1) is 0 Å². The summed E-state index contributed by atoms with van der Waals surface area (Å²) in [6.45, 7) is 0. The van der Waals surface area contributed by atoms with Crippen molar-refractivity contribution in [3.8, 4) is 11.3 Å². The molecule has 90 valence electrons. The first-order valence-electron chi connectivity index (χ1n) is 5.50. The predicted octanol–water partition coefficient (Wildman–Crippen LogP) is 2.27. The van der Waals surface area contributed by atoms with Crippen molar-refractivity contribution >= 4 is 16.9 Å². The van der Waals surface area contributed by atoms with E-state index >= 15 is 0 Å². The molecule has 0 radical (unpaired) electrons. The summed E-state index contributed by atoms with van der Waals surface area (Å²) in [4.78, 5) is 14.1. The number of aromatic nitrogens is 3. The lowest BCUT2D eigenvalue weighted by Gasteiger charge is -1.98. The average molecular weight is 241 g/mol. The molecule has 3 aromatic rings. The molecule has 1 aromatic carbocycles. The number of carboxylic acid groups (broad SMARTS) is 1. The molecule has 0 aliphatic rings. The monoisotopic (exact) mass is 241 g/mol. The Morgan fingerprint density at radius 1 is 1.39 bits per heavy atom. The number of hydrogen-bond donors (Lipinski definition) is 2. The number of aromatic amines is 1. The molecule has 0 atom stereocenters. The summed E-state index contributed by atoms with van der Waals surface area (Å²) in [7, 11) is 1.63. The molecular formula is C13H11N3O2. The minimum Gasteiger partial charge on any atom is -0.477 e. The Hall–Kier alpha value is -2.56. The Kier molecular flexibility index (Phi) is 2.19. The number of benzene rings is 1. The number of H-pyrrole nitrogens is 1. The number of aromatic carboxylic acids is 1. The van der Waals surface area contributed by atoms with Crippen LogP contribution in [0.15, 0.2) is 36.5 Å². The summed E-state index contributed by atoms with van der Waals surface area (Å²) in [5, 5.41) is 14.3. The third-order valence-corrected chi connectivity index (χ3v) is 2.97. The van der Waals surface area contributed by atoms with Crippen LogP contribution in [0.25, 0.3) is 22.2 Å². The van der Waals surface area contributed by atoms with Gasteiger partial charge in [-0.3, -0.25) is 4.68 Å². The Balaban J connectivity index is 2.23. The molecule has 18 heavy (non-hydrogen) atoms. The zero-order valence-corrected chi connectivity index (χ0v) is 9.71. The van der Waals surface area contributed by atoms with E-state index in [-0.39, 0.29) is 5.69 Å². The number of carboxylic acids is 1. The van der Waals surface area contributed by atoms with Crippen molar-refractivity contribution in [2.75, 3.05) is 0 Å². The largest absolute Gasteiger partial charge is 0.477 e. The maximum absolute atomic E-state index is 11.0. The van der Waals surface area contributed by atoms with Crippen LogP contribution in [-0.4, -0.2) is 25.8 Å². The molecule has 0 amide bonds. The van der Waals surface area contributed by atoms with E-state index in [9.17, 15) is 4.79 Å². The molecule has 5 heteroatoms. The fourth-order valence-electron chi connectivity index (χ4n) is 2.11. The number of aryl methyl sites for hydroxylation is 1. The van der Waals surface area contributed by atoms with Crippen molar-refractivity contribution in [2.24, 2.45) is 7.05 Å². The van der Waals surface area contributed by atoms with Gasteiger partial charge < -0.3 is 10.1 Å². The zero-order valence-electron chi connectivity index (χ0n) is 9.71. The van der Waals surface area contributed by atoms with Gasteiger partial charge in [0.15, 0.2) is 0 Å². The highest BCUT2D eigenvalue weighted by Crippen LogP contribution is 2.27. The van der Waals surface area contributed by atoms with Crippen molar-refractivity contribution < 1.29 is 9.90 Å². The maximum atomic E-state index is 11.0. The van der Waals surface area contributed by atoms with E-state index < -0.39 is 5.97 Å². The van der Waals surface area contributed by atoms with Crippen LogP contribution in [0.5, 0.6) is 0 Å². The van der Waals surface area contributed by atoms with E-state index in [2.05, 4.69) is 10.1 Å². The van der Waals surface area contributed by atoms with Crippen LogP contribution >= 0.6 is 0 Å². The van der Waals surface area contributed by atoms with Crippen molar-refractivity contribution in [3.63, 3.8) is 0 Å². The molecular weight excluding hydrogens is 230 g/mol. The van der Waals surface area contributed by atoms with E-state index in [1.54, 1.807) is 13.1 Å². The molecule has 0 fully saturated rings. The van der Waals surface area contributed by atoms with Crippen LogP contribution in [0.1, 0.15) is 10.5 Å². The molecule has 0 bridgehead atoms. The van der Waals surface area contributed by atoms with Gasteiger partial charge in [0.05, 0.1) is 5.69 Å². The number of nitrogens with zero attached hydrogens (tertiary/aromatic N) is 2. The maximum Gasteiger partial charge on any atom is 0.354 e. The van der Waals surface area contributed by atoms with E-state index in [4.69, 9.17) is 5.11 Å². The summed E-state index contributed by atoms with van der Waals surface area (Å²) in [6, 6.07) is 9.37. The second kappa shape index (κ2) is 3.73. The highest BCUT2D eigenvalue weighted by Gasteiger charge is 2.14. The average Bonchev–Trinajstić information content (AvgIpc) is 2.94. The summed E-state index contributed by atoms with van der Waals surface area (Å²) in [6.07, 6.45) is 1.86. The topological polar surface area (TPSA) is 70.9 Å². The normalized spacial score (nSPS) is 10.9. The van der Waals surface area contributed by atoms with Gasteiger partial charge in [0, 0.05) is 29.7 Å². The van der Waals surface area contributed by atoms with Crippen LogP contribution in [0.3, 0.4) is 0 Å². The lowest BCUT2D eigenvalue weighted by molar-refractivity contribution is 0.0685. The summed E-state index contributed by atoms with van der Waals surface area (Å²) in [5.41, 5.74) is 2.78. The molecule has 5 nitrogen and oxygen atoms in total. The summed E-state index contributed by atoms with van der Waals surface area (Å²) in [5.74, 6) is -0.975. The number of fused-ring (bicyclic) bond motifs is 1. The van der Waals surface area contributed by atoms with Crippen molar-refractivity contribution in [3.05, 3.63) is 42.2 Å². The Morgan fingerprint density at radius 2 is 2.22 bits per heavy atom. The Morgan fingerprint density at radius 3 is 2.94 bits per heavy atom. The molecule has 3 rings (SSSR count). The van der Waals surface area contributed by atoms with Crippen LogP contribution in [-0.2, 0) is 7.05 Å². The first-order valence-corrected chi connectivity index (χ1v) is 5.50. The number of rotatable bonds is 2. The van der Waals surface area contributed by atoms with Gasteiger partial charge in [-0.05, 0) is 18.2 Å². The summed E-state index contributed by atoms with van der Waals surface area (Å²) < 4.78 is 1.38. The fraction of sp³-hybridized carbons (Fsp3) is 0.0769. The molecule has 0 spiro atoms. The van der Waals surface area contributed by atoms with E-state index in [1.807, 2.05) is 30.5 Å². The van der Waals surface area contributed by atoms with Gasteiger partial charge in [-0.25, -0.2) is 4.79 Å². The molecule has 0 unspecified atom stereocenters. The smallest absolute Gasteiger partial charge is 0.354 e. The SMILES string of the molecule is Cn1nc(-c2cccc3[nH]ccc23)cc1C(=O)O. The van der Waals surface area contributed by atoms with Gasteiger partial charge in [-0.1, -0.05) is 12.1 Å². The first-order chi connectivity index (χ1) is 8.66. The molecule has 0 aliphatic carbocycles. The number of carbonyl (C=O) groups is 1. The third kappa shape index (κ3) is 1.48. The van der Waals surface area contributed by atoms with Crippen LogP contribution in [0, 0.1) is 0 Å². The molecule has 2 N–H and O–H groups in total. The third-order valence-electron chi connectivity index (χ3n) is 2.97. The zero-order chi connectivity index (χ0) is 12.7. The van der Waals surface area contributed by atoms with E-state index in [0.717, 1.165) is 16.5 Å². The highest BCUT2D eigenvalue weighted by molar-refractivity contribution is 5.95. The Bertz CT molecular complexity index is 740. The predicted molar refractivity (Wildman–Crippen MR) is 67.5 cm³/mol. The van der Waals surface area contributed by atoms with Crippen LogP contribution in [0.2, 0.25) is 0 Å². The van der Waals surface area contributed by atoms with Crippen molar-refractivity contribution in [1.29, 1.82) is 0 Å². The van der Waals surface area contributed by atoms with Gasteiger partial charge in [0.25, 0.3) is 0 Å². The molecule has 2 aromatic heterocycles. The molecule has 2 heterocycles. The lowest BCUT2D eigenvalue weighted by Crippen LogP contribution is -2.04. The quantitative estimate of drug-likeness (QED) is 0.723. The van der Waals surface area contributed by atoms with Crippen LogP contribution < -0.4 is 0 Å². The minimum absolute atomic E-state index is 0.178. The number of hydrogen-bond acceptors (Lipinski definition) is 2. The highest BCUT2D eigenvalue weighted by atomic mass is 16.4. The molecule has 0 saturated heterocycles. The molecule has 0 aliphatic heterocycles. The second-order valence-corrected chi connectivity index (χ2v) is 4.09. The number of nitrogens with one attached hydrogen (secondary N) is 1.